The van der Waals surface area contributed by atoms with E-state index in [9.17, 15) is 0 Å². The van der Waals surface area contributed by atoms with Gasteiger partial charge >= 0.3 is 0 Å². The van der Waals surface area contributed by atoms with Gasteiger partial charge in [0, 0.05) is 21.7 Å². The van der Waals surface area contributed by atoms with Gasteiger partial charge in [-0.2, -0.15) is 0 Å². The molecule has 0 rings (SSSR count). The van der Waals surface area contributed by atoms with Crippen LogP contribution in [0.15, 0.2) is 0 Å². The molecule has 6 heteroatoms. The molecular weight excluding hydrogens is 225 g/mol. The lowest BCUT2D eigenvalue weighted by molar-refractivity contribution is 1.76. The maximum absolute atomic E-state index is 4.83. The normalized spacial score (nSPS) is 9.43. The number of halogens is 6. The largest absolute Gasteiger partial charge is 0.266 e. The van der Waals surface area contributed by atoms with Crippen molar-refractivity contribution >= 4 is 68.1 Å². The fourth-order valence-electron chi connectivity index (χ4n) is 0. The van der Waals surface area contributed by atoms with Crippen molar-refractivity contribution in [1.82, 2.24) is 0 Å². The average molecular weight is 225 g/mol. The number of hydrogen-bond donors (Lipinski definition) is 0. The molecule has 0 saturated heterocycles. The second-order valence-electron chi connectivity index (χ2n) is 0.429. The average Bonchev–Trinajstić information content (AvgIpc) is 1.36. The Morgan fingerprint density at radius 3 is 0.714 bits per heavy atom. The Morgan fingerprint density at radius 2 is 0.714 bits per heavy atom. The minimum absolute atomic E-state index is 1.61. The maximum atomic E-state index is 4.83. The minimum Gasteiger partial charge on any atom is -0.0664 e. The SMILES string of the molecule is ClC(Cl)(Cl)Cl.ClCl. The van der Waals surface area contributed by atoms with E-state index in [0.29, 0.717) is 0 Å². The summed E-state index contributed by atoms with van der Waals surface area (Å²) in [6, 6.07) is 0. The van der Waals surface area contributed by atoms with Crippen LogP contribution in [0.2, 0.25) is 0 Å². The first-order valence-electron chi connectivity index (χ1n) is 0.899. The third-order valence-corrected chi connectivity index (χ3v) is 0. The summed E-state index contributed by atoms with van der Waals surface area (Å²) in [6.45, 7) is 0. The quantitative estimate of drug-likeness (QED) is 0.547. The lowest BCUT2D eigenvalue weighted by Gasteiger charge is -1.91. The maximum Gasteiger partial charge on any atom is 0.266 e. The summed E-state index contributed by atoms with van der Waals surface area (Å²) in [5.41, 5.74) is 0. The van der Waals surface area contributed by atoms with E-state index in [-0.39, 0.29) is 0 Å². The fraction of sp³-hybridized carbons (Fsp3) is 1.00. The monoisotopic (exact) mass is 222 g/mol. The molecule has 0 spiro atoms. The zero-order valence-electron chi connectivity index (χ0n) is 2.77. The first-order valence-corrected chi connectivity index (χ1v) is 3.55. The summed E-state index contributed by atoms with van der Waals surface area (Å²) in [4.78, 5) is 0. The molecule has 0 radical (unpaired) electrons. The summed E-state index contributed by atoms with van der Waals surface area (Å²) in [6.07, 6.45) is 0. The molecule has 0 aromatic carbocycles. The van der Waals surface area contributed by atoms with E-state index >= 15 is 0 Å². The molecular formula is CCl6. The molecule has 0 aromatic heterocycles. The van der Waals surface area contributed by atoms with E-state index < -0.39 is 3.25 Å². The van der Waals surface area contributed by atoms with Crippen molar-refractivity contribution in [2.45, 2.75) is 3.25 Å². The van der Waals surface area contributed by atoms with Gasteiger partial charge in [0.2, 0.25) is 0 Å². The second-order valence-corrected chi connectivity index (χ2v) is 3.86. The highest BCUT2D eigenvalue weighted by molar-refractivity contribution is 6.85. The predicted octanol–water partition coefficient (Wildman–Crippen LogP) is 3.93. The highest BCUT2D eigenvalue weighted by Crippen LogP contribution is 2.29. The van der Waals surface area contributed by atoms with Crippen LogP contribution in [0.3, 0.4) is 0 Å². The van der Waals surface area contributed by atoms with E-state index in [1.54, 1.807) is 0 Å². The van der Waals surface area contributed by atoms with Gasteiger partial charge in [0.25, 0.3) is 3.25 Å². The van der Waals surface area contributed by atoms with Gasteiger partial charge in [0.1, 0.15) is 0 Å². The molecule has 0 aliphatic carbocycles. The van der Waals surface area contributed by atoms with Gasteiger partial charge in [-0.1, -0.05) is 46.4 Å². The van der Waals surface area contributed by atoms with Gasteiger partial charge in [0.05, 0.1) is 0 Å². The van der Waals surface area contributed by atoms with E-state index in [2.05, 4.69) is 21.7 Å². The Balaban J connectivity index is 0. The zero-order chi connectivity index (χ0) is 6.50. The molecule has 0 amide bonds. The van der Waals surface area contributed by atoms with Crippen molar-refractivity contribution in [2.75, 3.05) is 0 Å². The van der Waals surface area contributed by atoms with Gasteiger partial charge in [0.15, 0.2) is 0 Å². The van der Waals surface area contributed by atoms with Crippen molar-refractivity contribution in [3.05, 3.63) is 0 Å². The summed E-state index contributed by atoms with van der Waals surface area (Å²) < 4.78 is -1.61. The Bertz CT molecular complexity index is 19.7. The fourth-order valence-corrected chi connectivity index (χ4v) is 0. The number of alkyl halides is 4. The van der Waals surface area contributed by atoms with Crippen LogP contribution in [0.25, 0.3) is 0 Å². The molecule has 0 nitrogen and oxygen atoms in total. The molecule has 0 heterocycles. The van der Waals surface area contributed by atoms with E-state index in [1.165, 1.54) is 0 Å². The second kappa shape index (κ2) is 5.87. The summed E-state index contributed by atoms with van der Waals surface area (Å²) in [7, 11) is 8.22. The van der Waals surface area contributed by atoms with Gasteiger partial charge < -0.3 is 0 Å². The standard InChI is InChI=1S/CCl4.Cl2/c2-1(3,4)5;1-2. The van der Waals surface area contributed by atoms with Crippen LogP contribution in [0.5, 0.6) is 0 Å². The van der Waals surface area contributed by atoms with Crippen LogP contribution < -0.4 is 0 Å². The molecule has 46 valence electrons. The van der Waals surface area contributed by atoms with Crippen LogP contribution in [-0.4, -0.2) is 3.25 Å². The molecule has 0 fully saturated rings. The lowest BCUT2D eigenvalue weighted by atomic mass is 11.8. The molecule has 0 aliphatic rings. The zero-order valence-corrected chi connectivity index (χ0v) is 7.30. The van der Waals surface area contributed by atoms with Gasteiger partial charge in [-0.15, -0.1) is 0 Å². The summed E-state index contributed by atoms with van der Waals surface area (Å²) >= 11 is 19.3. The van der Waals surface area contributed by atoms with Crippen molar-refractivity contribution in [3.8, 4) is 0 Å². The summed E-state index contributed by atoms with van der Waals surface area (Å²) in [5, 5.41) is 0. The van der Waals surface area contributed by atoms with Crippen molar-refractivity contribution in [2.24, 2.45) is 0 Å². The number of hydrogen-bond acceptors (Lipinski definition) is 0. The van der Waals surface area contributed by atoms with Crippen LogP contribution in [0, 0.1) is 0 Å². The van der Waals surface area contributed by atoms with Crippen LogP contribution in [0.4, 0.5) is 0 Å². The Morgan fingerprint density at radius 1 is 0.714 bits per heavy atom. The number of rotatable bonds is 0. The molecule has 0 bridgehead atoms. The third-order valence-electron chi connectivity index (χ3n) is 0. The molecule has 0 aliphatic heterocycles. The van der Waals surface area contributed by atoms with Crippen molar-refractivity contribution < 1.29 is 0 Å². The Labute approximate surface area is 71.2 Å². The highest BCUT2D eigenvalue weighted by Gasteiger charge is 2.11. The van der Waals surface area contributed by atoms with E-state index in [0.717, 1.165) is 0 Å². The first-order chi connectivity index (χ1) is 3.00. The van der Waals surface area contributed by atoms with Gasteiger partial charge in [-0.05, 0) is 0 Å². The minimum atomic E-state index is -1.61. The molecule has 0 saturated carbocycles. The first kappa shape index (κ1) is 11.5. The third kappa shape index (κ3) is 84.2. The van der Waals surface area contributed by atoms with Crippen molar-refractivity contribution in [1.29, 1.82) is 0 Å². The molecule has 0 N–H and O–H groups in total. The van der Waals surface area contributed by atoms with E-state index in [1.807, 2.05) is 0 Å². The molecule has 0 atom stereocenters. The van der Waals surface area contributed by atoms with Crippen LogP contribution in [-0.2, 0) is 0 Å². The van der Waals surface area contributed by atoms with Gasteiger partial charge in [-0.3, -0.25) is 0 Å². The smallest absolute Gasteiger partial charge is 0.0664 e. The van der Waals surface area contributed by atoms with Crippen LogP contribution in [0.1, 0.15) is 0 Å². The van der Waals surface area contributed by atoms with E-state index in [4.69, 9.17) is 46.4 Å². The predicted molar refractivity (Wildman–Crippen MR) is 37.8 cm³/mol. The summed E-state index contributed by atoms with van der Waals surface area (Å²) in [5.74, 6) is 0. The Kier molecular flexibility index (Phi) is 9.66. The van der Waals surface area contributed by atoms with Crippen molar-refractivity contribution in [3.63, 3.8) is 0 Å². The van der Waals surface area contributed by atoms with Gasteiger partial charge in [-0.25, -0.2) is 0 Å². The molecule has 0 aromatic rings. The Hall–Kier alpha value is 1.74. The molecule has 7 heavy (non-hydrogen) atoms. The highest BCUT2D eigenvalue weighted by atomic mass is 36.5. The van der Waals surface area contributed by atoms with Crippen LogP contribution >= 0.6 is 68.1 Å². The topological polar surface area (TPSA) is 0 Å². The lowest BCUT2D eigenvalue weighted by Crippen LogP contribution is -1.81. The molecule has 0 unspecified atom stereocenters.